The standard InChI is InChI=1S/C15H25N3O/c1-3-18-14(9-12(2)16-18)11-15(19)6-8-17-7-4-5-13(17)10-15/h9,13,19H,3-8,10-11H2,1-2H3. The van der Waals surface area contributed by atoms with Crippen LogP contribution in [-0.4, -0.2) is 44.5 Å². The Morgan fingerprint density at radius 2 is 2.32 bits per heavy atom. The highest BCUT2D eigenvalue weighted by molar-refractivity contribution is 5.13. The minimum Gasteiger partial charge on any atom is -0.389 e. The molecule has 0 spiro atoms. The first-order chi connectivity index (χ1) is 9.09. The van der Waals surface area contributed by atoms with E-state index in [1.165, 1.54) is 25.1 Å². The van der Waals surface area contributed by atoms with Crippen molar-refractivity contribution < 1.29 is 5.11 Å². The summed E-state index contributed by atoms with van der Waals surface area (Å²) in [6, 6.07) is 2.74. The summed E-state index contributed by atoms with van der Waals surface area (Å²) in [5.41, 5.74) is 1.72. The van der Waals surface area contributed by atoms with Crippen LogP contribution in [0, 0.1) is 6.92 Å². The Kier molecular flexibility index (Phi) is 3.39. The van der Waals surface area contributed by atoms with Crippen LogP contribution in [0.4, 0.5) is 0 Å². The number of aliphatic hydroxyl groups is 1. The predicted molar refractivity (Wildman–Crippen MR) is 75.1 cm³/mol. The summed E-state index contributed by atoms with van der Waals surface area (Å²) < 4.78 is 2.04. The van der Waals surface area contributed by atoms with Gasteiger partial charge in [-0.05, 0) is 52.1 Å². The summed E-state index contributed by atoms with van der Waals surface area (Å²) in [7, 11) is 0. The van der Waals surface area contributed by atoms with Crippen LogP contribution in [0.15, 0.2) is 6.07 Å². The summed E-state index contributed by atoms with van der Waals surface area (Å²) in [5, 5.41) is 15.4. The SMILES string of the molecule is CCn1nc(C)cc1CC1(O)CCN2CCCC2C1. The van der Waals surface area contributed by atoms with Crippen molar-refractivity contribution in [3.8, 4) is 0 Å². The fourth-order valence-electron chi connectivity index (χ4n) is 3.83. The molecule has 0 aromatic carbocycles. The summed E-state index contributed by atoms with van der Waals surface area (Å²) in [6.45, 7) is 7.31. The number of aryl methyl sites for hydroxylation is 2. The molecule has 2 fully saturated rings. The largest absolute Gasteiger partial charge is 0.389 e. The minimum atomic E-state index is -0.523. The van der Waals surface area contributed by atoms with Gasteiger partial charge < -0.3 is 10.0 Å². The Balaban J connectivity index is 1.74. The first kappa shape index (κ1) is 13.1. The number of aromatic nitrogens is 2. The maximum absolute atomic E-state index is 10.9. The second-order valence-corrected chi connectivity index (χ2v) is 6.28. The lowest BCUT2D eigenvalue weighted by atomic mass is 9.83. The van der Waals surface area contributed by atoms with E-state index < -0.39 is 5.60 Å². The maximum atomic E-state index is 10.9. The van der Waals surface area contributed by atoms with Gasteiger partial charge in [-0.2, -0.15) is 5.10 Å². The average molecular weight is 263 g/mol. The van der Waals surface area contributed by atoms with E-state index in [0.29, 0.717) is 6.04 Å². The lowest BCUT2D eigenvalue weighted by Gasteiger charge is -2.41. The van der Waals surface area contributed by atoms with E-state index in [-0.39, 0.29) is 0 Å². The first-order valence-electron chi connectivity index (χ1n) is 7.59. The van der Waals surface area contributed by atoms with Crippen molar-refractivity contribution >= 4 is 0 Å². The highest BCUT2D eigenvalue weighted by Gasteiger charge is 2.40. The fraction of sp³-hybridized carbons (Fsp3) is 0.800. The molecule has 4 nitrogen and oxygen atoms in total. The number of nitrogens with zero attached hydrogens (tertiary/aromatic N) is 3. The molecule has 1 N–H and O–H groups in total. The van der Waals surface area contributed by atoms with Crippen LogP contribution in [0.5, 0.6) is 0 Å². The maximum Gasteiger partial charge on any atom is 0.0729 e. The number of piperidine rings is 1. The van der Waals surface area contributed by atoms with E-state index in [0.717, 1.165) is 38.0 Å². The highest BCUT2D eigenvalue weighted by atomic mass is 16.3. The minimum absolute atomic E-state index is 0.523. The van der Waals surface area contributed by atoms with Gasteiger partial charge >= 0.3 is 0 Å². The molecule has 0 aliphatic carbocycles. The van der Waals surface area contributed by atoms with Crippen molar-refractivity contribution in [3.05, 3.63) is 17.5 Å². The van der Waals surface area contributed by atoms with Gasteiger partial charge in [0.05, 0.1) is 11.3 Å². The van der Waals surface area contributed by atoms with Crippen LogP contribution in [0.1, 0.15) is 44.0 Å². The molecule has 2 aliphatic heterocycles. The molecule has 0 radical (unpaired) electrons. The molecular weight excluding hydrogens is 238 g/mol. The van der Waals surface area contributed by atoms with Crippen molar-refractivity contribution in [2.24, 2.45) is 0 Å². The van der Waals surface area contributed by atoms with E-state index in [1.54, 1.807) is 0 Å². The first-order valence-corrected chi connectivity index (χ1v) is 7.59. The second-order valence-electron chi connectivity index (χ2n) is 6.28. The van der Waals surface area contributed by atoms with Gasteiger partial charge in [0.15, 0.2) is 0 Å². The molecular formula is C15H25N3O. The van der Waals surface area contributed by atoms with Crippen LogP contribution < -0.4 is 0 Å². The quantitative estimate of drug-likeness (QED) is 0.903. The molecule has 1 aromatic rings. The van der Waals surface area contributed by atoms with Gasteiger partial charge in [0, 0.05) is 31.2 Å². The summed E-state index contributed by atoms with van der Waals surface area (Å²) in [4.78, 5) is 2.55. The molecule has 0 bridgehead atoms. The molecule has 2 atom stereocenters. The van der Waals surface area contributed by atoms with Gasteiger partial charge in [-0.25, -0.2) is 0 Å². The molecule has 0 amide bonds. The molecule has 2 aliphatic rings. The topological polar surface area (TPSA) is 41.3 Å². The number of rotatable bonds is 3. The van der Waals surface area contributed by atoms with Crippen LogP contribution in [-0.2, 0) is 13.0 Å². The summed E-state index contributed by atoms with van der Waals surface area (Å²) in [5.74, 6) is 0. The molecule has 4 heteroatoms. The smallest absolute Gasteiger partial charge is 0.0729 e. The van der Waals surface area contributed by atoms with Crippen LogP contribution >= 0.6 is 0 Å². The van der Waals surface area contributed by atoms with E-state index in [1.807, 2.05) is 11.6 Å². The van der Waals surface area contributed by atoms with Gasteiger partial charge in [0.25, 0.3) is 0 Å². The number of fused-ring (bicyclic) bond motifs is 1. The van der Waals surface area contributed by atoms with E-state index in [2.05, 4.69) is 23.0 Å². The summed E-state index contributed by atoms with van der Waals surface area (Å²) in [6.07, 6.45) is 5.14. The lowest BCUT2D eigenvalue weighted by Crippen LogP contribution is -2.49. The van der Waals surface area contributed by atoms with Crippen molar-refractivity contribution in [2.45, 2.75) is 64.1 Å². The van der Waals surface area contributed by atoms with Gasteiger partial charge in [0.1, 0.15) is 0 Å². The molecule has 2 unspecified atom stereocenters. The van der Waals surface area contributed by atoms with Crippen molar-refractivity contribution in [1.82, 2.24) is 14.7 Å². The average Bonchev–Trinajstić information content (AvgIpc) is 2.94. The lowest BCUT2D eigenvalue weighted by molar-refractivity contribution is -0.0366. The van der Waals surface area contributed by atoms with E-state index >= 15 is 0 Å². The van der Waals surface area contributed by atoms with Crippen molar-refractivity contribution in [2.75, 3.05) is 13.1 Å². The fourth-order valence-corrected chi connectivity index (χ4v) is 3.83. The molecule has 3 heterocycles. The van der Waals surface area contributed by atoms with Crippen LogP contribution in [0.3, 0.4) is 0 Å². The van der Waals surface area contributed by atoms with E-state index in [4.69, 9.17) is 0 Å². The van der Waals surface area contributed by atoms with Gasteiger partial charge in [0.2, 0.25) is 0 Å². The second kappa shape index (κ2) is 4.91. The Bertz CT molecular complexity index is 456. The molecule has 106 valence electrons. The third kappa shape index (κ3) is 2.56. The van der Waals surface area contributed by atoms with E-state index in [9.17, 15) is 5.11 Å². The highest BCUT2D eigenvalue weighted by Crippen LogP contribution is 2.35. The zero-order chi connectivity index (χ0) is 13.5. The molecule has 2 saturated heterocycles. The third-order valence-electron chi connectivity index (χ3n) is 4.77. The monoisotopic (exact) mass is 263 g/mol. The third-order valence-corrected chi connectivity index (χ3v) is 4.77. The van der Waals surface area contributed by atoms with Crippen molar-refractivity contribution in [1.29, 1.82) is 0 Å². The molecule has 0 saturated carbocycles. The normalized spacial score (nSPS) is 31.6. The Hall–Kier alpha value is -0.870. The Morgan fingerprint density at radius 3 is 3.11 bits per heavy atom. The Labute approximate surface area is 115 Å². The molecule has 19 heavy (non-hydrogen) atoms. The van der Waals surface area contributed by atoms with Crippen LogP contribution in [0.2, 0.25) is 0 Å². The predicted octanol–water partition coefficient (Wildman–Crippen LogP) is 1.74. The van der Waals surface area contributed by atoms with Gasteiger partial charge in [-0.3, -0.25) is 4.68 Å². The number of hydrogen-bond donors (Lipinski definition) is 1. The Morgan fingerprint density at radius 1 is 1.47 bits per heavy atom. The molecule has 1 aromatic heterocycles. The number of hydrogen-bond acceptors (Lipinski definition) is 3. The zero-order valence-electron chi connectivity index (χ0n) is 12.1. The van der Waals surface area contributed by atoms with Crippen molar-refractivity contribution in [3.63, 3.8) is 0 Å². The summed E-state index contributed by atoms with van der Waals surface area (Å²) >= 11 is 0. The van der Waals surface area contributed by atoms with Gasteiger partial charge in [-0.1, -0.05) is 0 Å². The zero-order valence-corrected chi connectivity index (χ0v) is 12.1. The molecule has 3 rings (SSSR count). The van der Waals surface area contributed by atoms with Crippen LogP contribution in [0.25, 0.3) is 0 Å². The van der Waals surface area contributed by atoms with Gasteiger partial charge in [-0.15, -0.1) is 0 Å².